The first-order chi connectivity index (χ1) is 12.5. The van der Waals surface area contributed by atoms with Crippen molar-refractivity contribution < 1.29 is 13.9 Å². The van der Waals surface area contributed by atoms with Gasteiger partial charge in [0.25, 0.3) is 0 Å². The highest BCUT2D eigenvalue weighted by Crippen LogP contribution is 2.26. The van der Waals surface area contributed by atoms with Crippen LogP contribution in [0.2, 0.25) is 5.02 Å². The Balaban J connectivity index is 1.62. The van der Waals surface area contributed by atoms with Gasteiger partial charge in [-0.25, -0.2) is 0 Å². The van der Waals surface area contributed by atoms with E-state index in [0.717, 1.165) is 16.9 Å². The Bertz CT molecular complexity index is 954. The van der Waals surface area contributed by atoms with Gasteiger partial charge in [-0.15, -0.1) is 0 Å². The third kappa shape index (κ3) is 4.44. The van der Waals surface area contributed by atoms with Gasteiger partial charge in [-0.3, -0.25) is 4.79 Å². The lowest BCUT2D eigenvalue weighted by Crippen LogP contribution is -1.95. The summed E-state index contributed by atoms with van der Waals surface area (Å²) < 4.78 is 11.4. The van der Waals surface area contributed by atoms with Gasteiger partial charge in [-0.05, 0) is 56.3 Å². The highest BCUT2D eigenvalue weighted by molar-refractivity contribution is 6.31. The Hall–Kier alpha value is -2.78. The van der Waals surface area contributed by atoms with Gasteiger partial charge in [0.1, 0.15) is 23.9 Å². The second-order valence-corrected chi connectivity index (χ2v) is 6.43. The van der Waals surface area contributed by atoms with Crippen LogP contribution in [0.25, 0.3) is 6.08 Å². The molecule has 0 aliphatic rings. The van der Waals surface area contributed by atoms with Gasteiger partial charge in [-0.2, -0.15) is 0 Å². The first-order valence-electron chi connectivity index (χ1n) is 8.28. The molecule has 3 rings (SSSR count). The van der Waals surface area contributed by atoms with Crippen LogP contribution in [0.4, 0.5) is 0 Å². The Labute approximate surface area is 157 Å². The molecule has 2 aromatic carbocycles. The summed E-state index contributed by atoms with van der Waals surface area (Å²) in [6.45, 7) is 4.16. The lowest BCUT2D eigenvalue weighted by molar-refractivity contribution is 0.104. The van der Waals surface area contributed by atoms with Gasteiger partial charge in [0.05, 0.1) is 0 Å². The third-order valence-corrected chi connectivity index (χ3v) is 4.38. The number of carbonyl (C=O) groups excluding carboxylic acids is 1. The van der Waals surface area contributed by atoms with Crippen LogP contribution >= 0.6 is 11.6 Å². The summed E-state index contributed by atoms with van der Waals surface area (Å²) in [4.78, 5) is 12.2. The molecule has 0 spiro atoms. The maximum absolute atomic E-state index is 12.2. The normalized spacial score (nSPS) is 11.0. The molecule has 0 bridgehead atoms. The van der Waals surface area contributed by atoms with E-state index in [1.54, 1.807) is 12.1 Å². The van der Waals surface area contributed by atoms with Crippen LogP contribution in [0.3, 0.4) is 0 Å². The van der Waals surface area contributed by atoms with E-state index in [4.69, 9.17) is 20.8 Å². The van der Waals surface area contributed by atoms with E-state index in [2.05, 4.69) is 0 Å². The SMILES string of the molecule is Cc1cccc(C(=O)/C=C/c2ccc(COc3cccc(Cl)c3C)o2)c1. The van der Waals surface area contributed by atoms with E-state index in [-0.39, 0.29) is 5.78 Å². The predicted molar refractivity (Wildman–Crippen MR) is 104 cm³/mol. The molecule has 3 nitrogen and oxygen atoms in total. The number of hydrogen-bond acceptors (Lipinski definition) is 3. The molecule has 26 heavy (non-hydrogen) atoms. The molecule has 0 N–H and O–H groups in total. The van der Waals surface area contributed by atoms with Gasteiger partial charge in [0.15, 0.2) is 5.78 Å². The summed E-state index contributed by atoms with van der Waals surface area (Å²) >= 11 is 6.09. The summed E-state index contributed by atoms with van der Waals surface area (Å²) in [6, 6.07) is 16.7. The van der Waals surface area contributed by atoms with Gasteiger partial charge in [0.2, 0.25) is 0 Å². The molecule has 0 aliphatic carbocycles. The number of furan rings is 1. The van der Waals surface area contributed by atoms with Crippen LogP contribution < -0.4 is 4.74 Å². The van der Waals surface area contributed by atoms with Crippen molar-refractivity contribution in [3.05, 3.63) is 93.9 Å². The van der Waals surface area contributed by atoms with Crippen LogP contribution in [0, 0.1) is 13.8 Å². The Kier molecular flexibility index (Phi) is 5.59. The zero-order chi connectivity index (χ0) is 18.5. The van der Waals surface area contributed by atoms with E-state index < -0.39 is 0 Å². The molecule has 0 amide bonds. The van der Waals surface area contributed by atoms with Crippen molar-refractivity contribution in [2.45, 2.75) is 20.5 Å². The fourth-order valence-electron chi connectivity index (χ4n) is 2.51. The van der Waals surface area contributed by atoms with E-state index in [1.165, 1.54) is 6.08 Å². The van der Waals surface area contributed by atoms with E-state index in [9.17, 15) is 4.79 Å². The molecule has 0 saturated carbocycles. The summed E-state index contributed by atoms with van der Waals surface area (Å²) in [5.74, 6) is 1.94. The Morgan fingerprint density at radius 2 is 1.92 bits per heavy atom. The molecule has 0 radical (unpaired) electrons. The topological polar surface area (TPSA) is 39.4 Å². The number of allylic oxidation sites excluding steroid dienone is 1. The van der Waals surface area contributed by atoms with Crippen LogP contribution in [0.15, 0.2) is 65.1 Å². The Morgan fingerprint density at radius 3 is 2.73 bits per heavy atom. The molecule has 0 fully saturated rings. The molecule has 132 valence electrons. The van der Waals surface area contributed by atoms with Crippen molar-refractivity contribution in [3.63, 3.8) is 0 Å². The van der Waals surface area contributed by atoms with Crippen molar-refractivity contribution in [2.24, 2.45) is 0 Å². The lowest BCUT2D eigenvalue weighted by Gasteiger charge is -2.08. The van der Waals surface area contributed by atoms with E-state index in [1.807, 2.05) is 62.4 Å². The van der Waals surface area contributed by atoms with Crippen LogP contribution in [-0.4, -0.2) is 5.78 Å². The molecule has 3 aromatic rings. The zero-order valence-corrected chi connectivity index (χ0v) is 15.4. The second-order valence-electron chi connectivity index (χ2n) is 6.02. The maximum atomic E-state index is 12.2. The highest BCUT2D eigenvalue weighted by Gasteiger charge is 2.06. The van der Waals surface area contributed by atoms with Gasteiger partial charge in [0, 0.05) is 16.1 Å². The van der Waals surface area contributed by atoms with Crippen molar-refractivity contribution >= 4 is 23.5 Å². The van der Waals surface area contributed by atoms with Gasteiger partial charge < -0.3 is 9.15 Å². The minimum atomic E-state index is -0.0579. The largest absolute Gasteiger partial charge is 0.485 e. The standard InChI is InChI=1S/C22H19ClO3/c1-15-5-3-6-17(13-15)21(24)12-11-18-9-10-19(26-18)14-25-22-8-4-7-20(23)16(22)2/h3-13H,14H2,1-2H3/b12-11+. The van der Waals surface area contributed by atoms with Crippen LogP contribution in [0.1, 0.15) is 33.0 Å². The van der Waals surface area contributed by atoms with Gasteiger partial charge in [-0.1, -0.05) is 41.4 Å². The monoisotopic (exact) mass is 366 g/mol. The summed E-state index contributed by atoms with van der Waals surface area (Å²) in [7, 11) is 0. The smallest absolute Gasteiger partial charge is 0.185 e. The summed E-state index contributed by atoms with van der Waals surface area (Å²) in [5.41, 5.74) is 2.61. The molecule has 0 atom stereocenters. The fraction of sp³-hybridized carbons (Fsp3) is 0.136. The molecule has 1 aromatic heterocycles. The predicted octanol–water partition coefficient (Wildman–Crippen LogP) is 6.02. The molecule has 1 heterocycles. The third-order valence-electron chi connectivity index (χ3n) is 3.97. The van der Waals surface area contributed by atoms with Crippen LogP contribution in [-0.2, 0) is 6.61 Å². The number of ketones is 1. The second kappa shape index (κ2) is 8.07. The zero-order valence-electron chi connectivity index (χ0n) is 14.7. The molecule has 4 heteroatoms. The number of rotatable bonds is 6. The van der Waals surface area contributed by atoms with Crippen molar-refractivity contribution in [3.8, 4) is 5.75 Å². The van der Waals surface area contributed by atoms with Gasteiger partial charge >= 0.3 is 0 Å². The van der Waals surface area contributed by atoms with Crippen molar-refractivity contribution in [1.29, 1.82) is 0 Å². The number of carbonyl (C=O) groups is 1. The average molecular weight is 367 g/mol. The van der Waals surface area contributed by atoms with Crippen molar-refractivity contribution in [1.82, 2.24) is 0 Å². The number of benzene rings is 2. The summed E-state index contributed by atoms with van der Waals surface area (Å²) in [6.07, 6.45) is 3.18. The number of hydrogen-bond donors (Lipinski definition) is 0. The average Bonchev–Trinajstić information content (AvgIpc) is 3.09. The van der Waals surface area contributed by atoms with Crippen molar-refractivity contribution in [2.75, 3.05) is 0 Å². The van der Waals surface area contributed by atoms with Crippen LogP contribution in [0.5, 0.6) is 5.75 Å². The Morgan fingerprint density at radius 1 is 1.12 bits per heavy atom. The molecular formula is C22H19ClO3. The number of aryl methyl sites for hydroxylation is 1. The number of ether oxygens (including phenoxy) is 1. The fourth-order valence-corrected chi connectivity index (χ4v) is 2.67. The molecule has 0 unspecified atom stereocenters. The molecular weight excluding hydrogens is 348 g/mol. The van der Waals surface area contributed by atoms with E-state index >= 15 is 0 Å². The summed E-state index contributed by atoms with van der Waals surface area (Å²) in [5, 5.41) is 0.667. The minimum Gasteiger partial charge on any atom is -0.485 e. The lowest BCUT2D eigenvalue weighted by atomic mass is 10.1. The highest BCUT2D eigenvalue weighted by atomic mass is 35.5. The number of halogens is 1. The van der Waals surface area contributed by atoms with E-state index in [0.29, 0.717) is 28.7 Å². The maximum Gasteiger partial charge on any atom is 0.185 e. The minimum absolute atomic E-state index is 0.0579. The molecule has 0 saturated heterocycles. The first kappa shape index (κ1) is 18.0. The quantitative estimate of drug-likeness (QED) is 0.395. The molecule has 0 aliphatic heterocycles. The first-order valence-corrected chi connectivity index (χ1v) is 8.66.